The van der Waals surface area contributed by atoms with E-state index in [1.165, 1.54) is 149 Å². The van der Waals surface area contributed by atoms with E-state index >= 15 is 0 Å². The molecule has 0 atom stereocenters. The average molecular weight is 1880 g/mol. The van der Waals surface area contributed by atoms with E-state index < -0.39 is 0 Å². The van der Waals surface area contributed by atoms with Crippen LogP contribution in [0.3, 0.4) is 0 Å². The molecule has 3 nitrogen and oxygen atoms in total. The van der Waals surface area contributed by atoms with Gasteiger partial charge in [0.15, 0.2) is 88.1 Å². The summed E-state index contributed by atoms with van der Waals surface area (Å²) < 4.78 is 0. The van der Waals surface area contributed by atoms with Gasteiger partial charge in [-0.25, -0.2) is 0 Å². The van der Waals surface area contributed by atoms with Gasteiger partial charge in [-0.05, 0) is 334 Å². The number of rotatable bonds is 19. The molecule has 135 heavy (non-hydrogen) atoms. The van der Waals surface area contributed by atoms with Crippen LogP contribution >= 0.6 is 0 Å². The molecule has 18 aromatic carbocycles. The van der Waals surface area contributed by atoms with Gasteiger partial charge in [-0.2, -0.15) is 0 Å². The molecule has 0 radical (unpaired) electrons. The molecule has 19 rings (SSSR count). The lowest BCUT2D eigenvalue weighted by molar-refractivity contribution is 0.443. The zero-order valence-electron chi connectivity index (χ0n) is 79.1. The largest absolute Gasteiger partial charge is 0.508 e. The summed E-state index contributed by atoms with van der Waals surface area (Å²) in [6.45, 7) is 22.3. The first-order chi connectivity index (χ1) is 65.6. The number of aromatic hydroxyl groups is 3. The second-order valence-corrected chi connectivity index (χ2v) is 47.6. The Bertz CT molecular complexity index is 6250. The van der Waals surface area contributed by atoms with E-state index in [2.05, 4.69) is 451 Å². The van der Waals surface area contributed by atoms with Crippen LogP contribution in [0.4, 0.5) is 0 Å². The van der Waals surface area contributed by atoms with Crippen LogP contribution in [-0.4, -0.2) is 15.3 Å². The van der Waals surface area contributed by atoms with Crippen LogP contribution in [0.1, 0.15) is 119 Å². The Kier molecular flexibility index (Phi) is 35.8. The van der Waals surface area contributed by atoms with Crippen LogP contribution in [0, 0.1) is 27.7 Å². The molecule has 0 spiro atoms. The highest BCUT2D eigenvalue weighted by molar-refractivity contribution is 7.98. The van der Waals surface area contributed by atoms with Crippen molar-refractivity contribution in [1.29, 1.82) is 0 Å². The minimum Gasteiger partial charge on any atom is -0.508 e. The molecule has 18 aromatic rings. The van der Waals surface area contributed by atoms with Crippen molar-refractivity contribution >= 4 is 65.4 Å². The number of benzene rings is 18. The van der Waals surface area contributed by atoms with Gasteiger partial charge in [-0.15, -0.1) is 0 Å². The fourth-order valence-corrected chi connectivity index (χ4v) is 29.1. The molecule has 0 heterocycles. The maximum atomic E-state index is 9.49. The van der Waals surface area contributed by atoms with E-state index in [4.69, 9.17) is 0 Å². The summed E-state index contributed by atoms with van der Waals surface area (Å²) in [5.74, 6) is 1.61. The third-order valence-corrected chi connectivity index (χ3v) is 36.6. The first-order valence-corrected chi connectivity index (χ1v) is 53.8. The molecule has 3 N–H and O–H groups in total. The molecule has 0 amide bonds. The van der Waals surface area contributed by atoms with E-state index in [1.54, 1.807) is 36.4 Å². The zero-order chi connectivity index (χ0) is 94.3. The van der Waals surface area contributed by atoms with Crippen LogP contribution in [0.2, 0.25) is 0 Å². The Balaban J connectivity index is 0.000000130. The third-order valence-electron chi connectivity index (χ3n) is 23.1. The number of phenols is 3. The summed E-state index contributed by atoms with van der Waals surface area (Å²) in [6, 6.07) is 171. The van der Waals surface area contributed by atoms with Crippen molar-refractivity contribution in [3.05, 3.63) is 524 Å². The zero-order valence-corrected chi connectivity index (χ0v) is 84.0. The van der Waals surface area contributed by atoms with E-state index in [-0.39, 0.29) is 87.7 Å². The lowest BCUT2D eigenvalue weighted by Crippen LogP contribution is -2.12. The second kappa shape index (κ2) is 49.1. The SMILES string of the molecule is CC(C)(C)c1ccc([S+](c2ccccc2)c2ccc(C(C)(C)C)cc2)cc1.Cc1cc(C)cc([S+](c2ccccc2)c2ccccc2)c1.Cc1ccc([S+](c2ccccc2)c2ccccc2)c(C)c1.Oc1ccc([S+](c2ccccc2)c2ccc(O)cc2)cc1.Oc1ccc([S+](c2ccccc2)c2ccccc2)cc1.c1ccc([S+](c2ccccc2)c2ccc(C3CCCCC3)cc2)cc1. The van der Waals surface area contributed by atoms with Crippen molar-refractivity contribution in [2.24, 2.45) is 0 Å². The highest BCUT2D eigenvalue weighted by Crippen LogP contribution is 2.42. The van der Waals surface area contributed by atoms with Crippen LogP contribution in [-0.2, 0) is 76.2 Å². The molecule has 0 aromatic heterocycles. The highest BCUT2D eigenvalue weighted by Gasteiger charge is 2.36. The van der Waals surface area contributed by atoms with Gasteiger partial charge in [-0.1, -0.05) is 303 Å². The number of hydrogen-bond donors (Lipinski definition) is 3. The van der Waals surface area contributed by atoms with Crippen molar-refractivity contribution in [3.63, 3.8) is 0 Å². The Hall–Kier alpha value is -12.5. The van der Waals surface area contributed by atoms with E-state index in [0.717, 1.165) is 15.7 Å². The smallest absolute Gasteiger partial charge is 0.169 e. The summed E-state index contributed by atoms with van der Waals surface area (Å²) in [7, 11) is -0.570. The van der Waals surface area contributed by atoms with Crippen molar-refractivity contribution in [2.45, 2.75) is 206 Å². The van der Waals surface area contributed by atoms with E-state index in [9.17, 15) is 15.3 Å². The van der Waals surface area contributed by atoms with Crippen LogP contribution in [0.25, 0.3) is 0 Å². The molecule has 0 aliphatic heterocycles. The maximum Gasteiger partial charge on any atom is 0.169 e. The fourth-order valence-electron chi connectivity index (χ4n) is 16.3. The summed E-state index contributed by atoms with van der Waals surface area (Å²) in [5.41, 5.74) is 10.00. The Morgan fingerprint density at radius 2 is 0.400 bits per heavy atom. The quantitative estimate of drug-likeness (QED) is 0.0707. The van der Waals surface area contributed by atoms with Crippen LogP contribution in [0.15, 0.2) is 573 Å². The van der Waals surface area contributed by atoms with Gasteiger partial charge >= 0.3 is 0 Å². The van der Waals surface area contributed by atoms with Gasteiger partial charge < -0.3 is 15.3 Å². The first-order valence-electron chi connectivity index (χ1n) is 46.5. The molecular formula is C126H124O3S6+6. The topological polar surface area (TPSA) is 60.7 Å². The molecule has 1 saturated carbocycles. The van der Waals surface area contributed by atoms with Gasteiger partial charge in [0.05, 0.1) is 65.4 Å². The number of hydrogen-bond acceptors (Lipinski definition) is 3. The third kappa shape index (κ3) is 28.1. The van der Waals surface area contributed by atoms with Crippen LogP contribution in [0.5, 0.6) is 17.2 Å². The molecular weight excluding hydrogens is 1750 g/mol. The molecule has 0 bridgehead atoms. The molecule has 1 fully saturated rings. The van der Waals surface area contributed by atoms with Gasteiger partial charge in [0.1, 0.15) is 17.2 Å². The van der Waals surface area contributed by atoms with Gasteiger partial charge in [-0.3, -0.25) is 0 Å². The van der Waals surface area contributed by atoms with Gasteiger partial charge in [0.25, 0.3) is 0 Å². The standard InChI is InChI=1S/C26H31S.C24H25S.2C20H19S.C18H14O2S.C18H14OS/c1-25(2,3)20-12-16-23(17-13-20)27(22-10-8-7-9-11-22)24-18-14-21(15-19-24)26(4,5)6;1-4-10-20(11-5-1)21-16-18-24(19-17-21)25(22-12-6-2-7-13-22)23-14-8-3-9-15-23;1-16-13-17(2)15-20(14-16)21(18-9-5-3-6-10-18)19-11-7-4-8-12-19;1-16-13-14-20(17(2)15-16)21(18-9-5-3-6-10-18)19-11-7-4-8-12-19;19-14-6-10-17(11-7-14)21(16-4-2-1-3-5-16)18-12-8-15(20)9-13-18;19-15-11-13-18(14-12-15)20(16-7-3-1-4-8-16)17-9-5-2-6-10-17/h7-19H,1-6H3;2-3,6-9,12-20H,1,4-5,10-11H2;2*3-15H,1-2H3;1-13H,(H-,19,20);1-14H/q4*+1;;/p+2. The lowest BCUT2D eigenvalue weighted by atomic mass is 9.84. The molecule has 0 saturated heterocycles. The summed E-state index contributed by atoms with van der Waals surface area (Å²) in [5, 5.41) is 28.5. The number of phenolic OH excluding ortho intramolecular Hbond substituents is 3. The summed E-state index contributed by atoms with van der Waals surface area (Å²) >= 11 is 0. The van der Waals surface area contributed by atoms with E-state index in [1.807, 2.05) is 66.7 Å². The maximum absolute atomic E-state index is 9.49. The minimum atomic E-state index is -0.253. The highest BCUT2D eigenvalue weighted by atomic mass is 32.2. The Morgan fingerprint density at radius 1 is 0.193 bits per heavy atom. The predicted octanol–water partition coefficient (Wildman–Crippen LogP) is 33.7. The normalized spacial score (nSPS) is 11.9. The lowest BCUT2D eigenvalue weighted by Gasteiger charge is -2.22. The molecule has 1 aliphatic rings. The van der Waals surface area contributed by atoms with Gasteiger partial charge in [0.2, 0.25) is 0 Å². The molecule has 1 aliphatic carbocycles. The number of aryl methyl sites for hydroxylation is 4. The Labute approximate surface area is 821 Å². The molecule has 676 valence electrons. The molecule has 0 unspecified atom stereocenters. The summed E-state index contributed by atoms with van der Waals surface area (Å²) in [4.78, 5) is 23.8. The van der Waals surface area contributed by atoms with Crippen molar-refractivity contribution in [1.82, 2.24) is 0 Å². The molecule has 9 heteroatoms. The van der Waals surface area contributed by atoms with Crippen molar-refractivity contribution in [2.75, 3.05) is 0 Å². The fraction of sp³-hybridized carbons (Fsp3) is 0.143. The second-order valence-electron chi connectivity index (χ2n) is 35.5. The predicted molar refractivity (Wildman–Crippen MR) is 576 cm³/mol. The van der Waals surface area contributed by atoms with Crippen LogP contribution < -0.4 is 0 Å². The van der Waals surface area contributed by atoms with Gasteiger partial charge in [0, 0.05) is 5.56 Å². The Morgan fingerprint density at radius 3 is 0.630 bits per heavy atom. The first kappa shape index (κ1) is 98.5. The van der Waals surface area contributed by atoms with E-state index in [0.29, 0.717) is 5.75 Å². The monoisotopic (exact) mass is 1880 g/mol. The van der Waals surface area contributed by atoms with Crippen molar-refractivity contribution in [3.8, 4) is 17.2 Å². The minimum absolute atomic E-state index is 0.0278. The van der Waals surface area contributed by atoms with Crippen molar-refractivity contribution < 1.29 is 15.3 Å². The average Bonchev–Trinajstić information content (AvgIpc) is 0.785. The summed E-state index contributed by atoms with van der Waals surface area (Å²) in [6.07, 6.45) is 6.93.